The lowest BCUT2D eigenvalue weighted by Crippen LogP contribution is -2.32. The van der Waals surface area contributed by atoms with Gasteiger partial charge in [-0.2, -0.15) is 5.11 Å². The summed E-state index contributed by atoms with van der Waals surface area (Å²) in [6.07, 6.45) is 1.80. The van der Waals surface area contributed by atoms with E-state index in [9.17, 15) is 4.79 Å². The van der Waals surface area contributed by atoms with Gasteiger partial charge < -0.3 is 4.98 Å². The standard InChI is InChI=1S/C35H28N3OP/c1-26-21-23-27(24-22-26)37-38-35(34(39)32-25-36-33-20-12-11-19-31(32)33)40(28-13-5-2-6-14-28,29-15-7-3-8-16-29)30-17-9-4-10-18-30/h2-25,36H,1H3. The van der Waals surface area contributed by atoms with Gasteiger partial charge in [0.15, 0.2) is 0 Å². The number of para-hydroxylation sites is 1. The van der Waals surface area contributed by atoms with Crippen molar-refractivity contribution in [2.45, 2.75) is 6.92 Å². The zero-order chi connectivity index (χ0) is 27.4. The minimum Gasteiger partial charge on any atom is -0.360 e. The molecule has 6 aromatic rings. The van der Waals surface area contributed by atoms with Gasteiger partial charge >= 0.3 is 0 Å². The van der Waals surface area contributed by atoms with Crippen molar-refractivity contribution in [3.05, 3.63) is 157 Å². The van der Waals surface area contributed by atoms with Crippen molar-refractivity contribution in [1.29, 1.82) is 0 Å². The number of carbonyl (C=O) groups excluding carboxylic acids is 1. The number of aryl methyl sites for hydroxylation is 1. The molecular formula is C35H28N3OP. The van der Waals surface area contributed by atoms with E-state index in [2.05, 4.69) is 46.5 Å². The van der Waals surface area contributed by atoms with Gasteiger partial charge in [-0.05, 0) is 41.0 Å². The average molecular weight is 538 g/mol. The van der Waals surface area contributed by atoms with Crippen LogP contribution in [0.2, 0.25) is 0 Å². The lowest BCUT2D eigenvalue weighted by Gasteiger charge is -2.30. The highest BCUT2D eigenvalue weighted by molar-refractivity contribution is 7.96. The molecule has 6 rings (SSSR count). The number of carbonyl (C=O) groups is 1. The third-order valence-corrected chi connectivity index (χ3v) is 11.2. The number of fused-ring (bicyclic) bond motifs is 1. The summed E-state index contributed by atoms with van der Waals surface area (Å²) in [4.78, 5) is 18.2. The van der Waals surface area contributed by atoms with Crippen LogP contribution in [0.1, 0.15) is 15.9 Å². The van der Waals surface area contributed by atoms with E-state index < -0.39 is 6.89 Å². The van der Waals surface area contributed by atoms with Gasteiger partial charge in [0, 0.05) is 29.5 Å². The first-order valence-electron chi connectivity index (χ1n) is 13.2. The number of rotatable bonds is 7. The van der Waals surface area contributed by atoms with Gasteiger partial charge in [-0.3, -0.25) is 4.79 Å². The van der Waals surface area contributed by atoms with E-state index in [1.165, 1.54) is 0 Å². The largest absolute Gasteiger partial charge is 0.360 e. The molecular weight excluding hydrogens is 509 g/mol. The molecule has 5 heteroatoms. The molecule has 0 radical (unpaired) electrons. The molecule has 0 saturated carbocycles. The second kappa shape index (κ2) is 11.1. The van der Waals surface area contributed by atoms with E-state index >= 15 is 0 Å². The predicted molar refractivity (Wildman–Crippen MR) is 168 cm³/mol. The molecule has 0 atom stereocenters. The van der Waals surface area contributed by atoms with Gasteiger partial charge in [-0.1, -0.05) is 127 Å². The maximum atomic E-state index is 14.9. The summed E-state index contributed by atoms with van der Waals surface area (Å²) in [7, 11) is 0. The van der Waals surface area contributed by atoms with Crippen molar-refractivity contribution in [3.8, 4) is 0 Å². The Hall–Kier alpha value is -4.79. The van der Waals surface area contributed by atoms with Gasteiger partial charge in [-0.25, -0.2) is 0 Å². The molecule has 0 unspecified atom stereocenters. The van der Waals surface area contributed by atoms with Crippen LogP contribution in [-0.4, -0.2) is 16.2 Å². The van der Waals surface area contributed by atoms with Gasteiger partial charge in [0.2, 0.25) is 5.78 Å². The summed E-state index contributed by atoms with van der Waals surface area (Å²) in [6, 6.07) is 46.6. The Kier molecular flexibility index (Phi) is 7.09. The highest BCUT2D eigenvalue weighted by Crippen LogP contribution is 2.47. The Morgan fingerprint density at radius 3 is 1.68 bits per heavy atom. The molecule has 0 aliphatic heterocycles. The highest BCUT2D eigenvalue weighted by atomic mass is 31.2. The maximum Gasteiger partial charge on any atom is 0.216 e. The fourth-order valence-electron chi connectivity index (χ4n) is 5.13. The second-order valence-electron chi connectivity index (χ2n) is 9.61. The van der Waals surface area contributed by atoms with Gasteiger partial charge in [0.1, 0.15) is 5.42 Å². The first-order chi connectivity index (χ1) is 19.7. The second-order valence-corrected chi connectivity index (χ2v) is 12.9. The first kappa shape index (κ1) is 25.5. The Bertz CT molecular complexity index is 1750. The van der Waals surface area contributed by atoms with E-state index in [0.29, 0.717) is 16.7 Å². The Morgan fingerprint density at radius 1 is 0.625 bits per heavy atom. The minimum absolute atomic E-state index is 0.141. The van der Waals surface area contributed by atoms with Crippen molar-refractivity contribution in [3.63, 3.8) is 0 Å². The number of Topliss-reactive ketones (excluding diaryl/α,β-unsaturated/α-hetero) is 1. The SMILES string of the molecule is Cc1ccc(N=NC(C(=O)c2c[nH]c3ccccc23)=P(c2ccccc2)(c2ccccc2)c2ccccc2)cc1. The van der Waals surface area contributed by atoms with Gasteiger partial charge in [0.25, 0.3) is 0 Å². The Morgan fingerprint density at radius 2 is 1.12 bits per heavy atom. The highest BCUT2D eigenvalue weighted by Gasteiger charge is 2.35. The first-order valence-corrected chi connectivity index (χ1v) is 15.0. The molecule has 0 aliphatic carbocycles. The predicted octanol–water partition coefficient (Wildman–Crippen LogP) is 7.57. The number of benzene rings is 5. The quantitative estimate of drug-likeness (QED) is 0.127. The third-order valence-electron chi connectivity index (χ3n) is 7.08. The lowest BCUT2D eigenvalue weighted by molar-refractivity contribution is 0.106. The summed E-state index contributed by atoms with van der Waals surface area (Å²) in [5.41, 5.74) is 3.76. The van der Waals surface area contributed by atoms with Crippen molar-refractivity contribution >= 4 is 50.6 Å². The topological polar surface area (TPSA) is 57.6 Å². The van der Waals surface area contributed by atoms with Crippen LogP contribution in [0.3, 0.4) is 0 Å². The number of H-pyrrole nitrogens is 1. The van der Waals surface area contributed by atoms with Crippen molar-refractivity contribution in [1.82, 2.24) is 4.98 Å². The summed E-state index contributed by atoms with van der Waals surface area (Å²) in [5.74, 6) is -0.141. The summed E-state index contributed by atoms with van der Waals surface area (Å²) < 4.78 is 0. The van der Waals surface area contributed by atoms with Gasteiger partial charge in [0.05, 0.1) is 5.69 Å². The fraction of sp³-hybridized carbons (Fsp3) is 0.0286. The van der Waals surface area contributed by atoms with Crippen molar-refractivity contribution < 1.29 is 4.79 Å². The summed E-state index contributed by atoms with van der Waals surface area (Å²) in [5, 5.41) is 13.6. The molecule has 5 aromatic carbocycles. The van der Waals surface area contributed by atoms with Crippen molar-refractivity contribution in [2.75, 3.05) is 0 Å². The molecule has 0 aliphatic rings. The van der Waals surface area contributed by atoms with Crippen LogP contribution in [0, 0.1) is 6.92 Å². The van der Waals surface area contributed by atoms with E-state index in [1.54, 1.807) is 6.20 Å². The molecule has 0 amide bonds. The number of aromatic amines is 1. The van der Waals surface area contributed by atoms with E-state index in [0.717, 1.165) is 32.4 Å². The van der Waals surface area contributed by atoms with Crippen LogP contribution in [0.25, 0.3) is 10.9 Å². The number of azo groups is 1. The molecule has 0 bridgehead atoms. The Labute approximate surface area is 234 Å². The lowest BCUT2D eigenvalue weighted by atomic mass is 10.1. The monoisotopic (exact) mass is 537 g/mol. The van der Waals surface area contributed by atoms with Crippen LogP contribution < -0.4 is 15.9 Å². The third kappa shape index (κ3) is 4.64. The summed E-state index contributed by atoms with van der Waals surface area (Å²) in [6.45, 7) is -0.755. The number of nitrogens with zero attached hydrogens (tertiary/aromatic N) is 2. The molecule has 1 aromatic heterocycles. The molecule has 194 valence electrons. The van der Waals surface area contributed by atoms with E-state index in [4.69, 9.17) is 5.11 Å². The average Bonchev–Trinajstić information content (AvgIpc) is 3.46. The van der Waals surface area contributed by atoms with E-state index in [1.807, 2.05) is 110 Å². The zero-order valence-electron chi connectivity index (χ0n) is 22.1. The van der Waals surface area contributed by atoms with E-state index in [-0.39, 0.29) is 5.78 Å². The number of aromatic nitrogens is 1. The summed E-state index contributed by atoms with van der Waals surface area (Å²) >= 11 is 0. The number of hydrogen-bond donors (Lipinski definition) is 1. The molecule has 40 heavy (non-hydrogen) atoms. The van der Waals surface area contributed by atoms with Crippen LogP contribution in [-0.2, 0) is 0 Å². The maximum absolute atomic E-state index is 14.9. The van der Waals surface area contributed by atoms with Crippen LogP contribution >= 0.6 is 6.89 Å². The number of ketones is 1. The smallest absolute Gasteiger partial charge is 0.216 e. The van der Waals surface area contributed by atoms with Crippen molar-refractivity contribution in [2.24, 2.45) is 10.2 Å². The molecule has 1 N–H and O–H groups in total. The molecule has 0 saturated heterocycles. The van der Waals surface area contributed by atoms with Crippen LogP contribution in [0.4, 0.5) is 5.69 Å². The molecule has 1 heterocycles. The zero-order valence-corrected chi connectivity index (χ0v) is 23.0. The fourth-order valence-corrected chi connectivity index (χ4v) is 9.22. The molecule has 0 spiro atoms. The normalized spacial score (nSPS) is 11.6. The number of nitrogens with one attached hydrogen (secondary N) is 1. The minimum atomic E-state index is -2.79. The number of hydrogen-bond acceptors (Lipinski definition) is 2. The van der Waals surface area contributed by atoms with Crippen LogP contribution in [0.5, 0.6) is 0 Å². The van der Waals surface area contributed by atoms with Crippen LogP contribution in [0.15, 0.2) is 156 Å². The Balaban J connectivity index is 1.78. The molecule has 0 fully saturated rings. The van der Waals surface area contributed by atoms with Gasteiger partial charge in [-0.15, -0.1) is 5.11 Å². The molecule has 4 nitrogen and oxygen atoms in total.